The molecule has 0 aromatic carbocycles. The van der Waals surface area contributed by atoms with E-state index in [1.165, 1.54) is 0 Å². The quantitative estimate of drug-likeness (QED) is 0.795. The van der Waals surface area contributed by atoms with Gasteiger partial charge < -0.3 is 9.73 Å². The van der Waals surface area contributed by atoms with E-state index in [4.69, 9.17) is 10.8 Å². The van der Waals surface area contributed by atoms with Crippen molar-refractivity contribution in [3.05, 3.63) is 24.6 Å². The highest BCUT2D eigenvalue weighted by molar-refractivity contribution is 5.87. The summed E-state index contributed by atoms with van der Waals surface area (Å²) >= 11 is 0. The normalized spacial score (nSPS) is 12.2. The van der Waals surface area contributed by atoms with E-state index >= 15 is 0 Å². The molecular weight excluding hydrogens is 200 g/mol. The Bertz CT molecular complexity index is 510. The van der Waals surface area contributed by atoms with E-state index in [0.717, 1.165) is 23.2 Å². The molecule has 2 heterocycles. The van der Waals surface area contributed by atoms with Crippen LogP contribution in [0.5, 0.6) is 0 Å². The highest BCUT2D eigenvalue weighted by Gasteiger charge is 2.09. The molecule has 0 aliphatic heterocycles. The standard InChI is InChI=1S/C13H14N2O/c1-3-5-10(4-2)15-13-11-7-9-16-12(11)6-8-14-13/h1,6-10H,4-5H2,2H3,(H,14,15). The summed E-state index contributed by atoms with van der Waals surface area (Å²) in [6, 6.07) is 4.02. The molecule has 0 saturated carbocycles. The van der Waals surface area contributed by atoms with Crippen LogP contribution >= 0.6 is 0 Å². The van der Waals surface area contributed by atoms with E-state index in [1.807, 2.05) is 12.1 Å². The summed E-state index contributed by atoms with van der Waals surface area (Å²) in [4.78, 5) is 4.31. The van der Waals surface area contributed by atoms with Crippen molar-refractivity contribution in [2.45, 2.75) is 25.8 Å². The van der Waals surface area contributed by atoms with Crippen LogP contribution in [0.2, 0.25) is 0 Å². The fourth-order valence-electron chi connectivity index (χ4n) is 1.64. The predicted molar refractivity (Wildman–Crippen MR) is 65.2 cm³/mol. The number of anilines is 1. The number of aromatic nitrogens is 1. The summed E-state index contributed by atoms with van der Waals surface area (Å²) in [5.74, 6) is 3.51. The summed E-state index contributed by atoms with van der Waals surface area (Å²) in [7, 11) is 0. The summed E-state index contributed by atoms with van der Waals surface area (Å²) in [6.07, 6.45) is 10.4. The minimum atomic E-state index is 0.262. The van der Waals surface area contributed by atoms with Gasteiger partial charge in [-0.15, -0.1) is 12.3 Å². The Kier molecular flexibility index (Phi) is 3.11. The van der Waals surface area contributed by atoms with Crippen molar-refractivity contribution in [2.75, 3.05) is 5.32 Å². The second-order valence-electron chi connectivity index (χ2n) is 3.65. The second kappa shape index (κ2) is 4.71. The van der Waals surface area contributed by atoms with Gasteiger partial charge in [-0.3, -0.25) is 0 Å². The second-order valence-corrected chi connectivity index (χ2v) is 3.65. The monoisotopic (exact) mass is 214 g/mol. The average molecular weight is 214 g/mol. The van der Waals surface area contributed by atoms with Crippen LogP contribution in [-0.2, 0) is 0 Å². The molecule has 82 valence electrons. The fraction of sp³-hybridized carbons (Fsp3) is 0.308. The van der Waals surface area contributed by atoms with Crippen molar-refractivity contribution in [2.24, 2.45) is 0 Å². The molecule has 1 atom stereocenters. The van der Waals surface area contributed by atoms with Crippen molar-refractivity contribution >= 4 is 16.8 Å². The molecule has 0 spiro atoms. The molecule has 0 radical (unpaired) electrons. The molecule has 16 heavy (non-hydrogen) atoms. The van der Waals surface area contributed by atoms with Crippen molar-refractivity contribution < 1.29 is 4.42 Å². The van der Waals surface area contributed by atoms with Gasteiger partial charge in [-0.2, -0.15) is 0 Å². The first kappa shape index (κ1) is 10.6. The summed E-state index contributed by atoms with van der Waals surface area (Å²) in [6.45, 7) is 2.10. The number of rotatable bonds is 4. The third-order valence-corrected chi connectivity index (χ3v) is 2.58. The lowest BCUT2D eigenvalue weighted by molar-refractivity contribution is 0.615. The first-order valence-corrected chi connectivity index (χ1v) is 5.37. The molecule has 3 heteroatoms. The number of nitrogens with zero attached hydrogens (tertiary/aromatic N) is 1. The van der Waals surface area contributed by atoms with Crippen molar-refractivity contribution in [3.63, 3.8) is 0 Å². The number of hydrogen-bond acceptors (Lipinski definition) is 3. The molecule has 0 aliphatic carbocycles. The van der Waals surface area contributed by atoms with Gasteiger partial charge in [-0.05, 0) is 18.6 Å². The maximum atomic E-state index is 5.32. The number of terminal acetylenes is 1. The number of furan rings is 1. The molecule has 1 N–H and O–H groups in total. The molecule has 0 amide bonds. The van der Waals surface area contributed by atoms with Crippen LogP contribution in [0.15, 0.2) is 29.0 Å². The van der Waals surface area contributed by atoms with E-state index in [2.05, 4.69) is 23.1 Å². The van der Waals surface area contributed by atoms with Gasteiger partial charge in [0, 0.05) is 18.7 Å². The Morgan fingerprint density at radius 2 is 2.44 bits per heavy atom. The Hall–Kier alpha value is -1.95. The minimum absolute atomic E-state index is 0.262. The lowest BCUT2D eigenvalue weighted by Crippen LogP contribution is -2.18. The highest BCUT2D eigenvalue weighted by atomic mass is 16.3. The Balaban J connectivity index is 2.26. The van der Waals surface area contributed by atoms with Gasteiger partial charge in [-0.1, -0.05) is 6.92 Å². The van der Waals surface area contributed by atoms with Crippen LogP contribution in [0, 0.1) is 12.3 Å². The van der Waals surface area contributed by atoms with Crippen LogP contribution in [0.1, 0.15) is 19.8 Å². The molecular formula is C13H14N2O. The Morgan fingerprint density at radius 3 is 3.19 bits per heavy atom. The molecule has 0 fully saturated rings. The van der Waals surface area contributed by atoms with Gasteiger partial charge >= 0.3 is 0 Å². The number of fused-ring (bicyclic) bond motifs is 1. The first-order chi connectivity index (χ1) is 7.85. The number of hydrogen-bond donors (Lipinski definition) is 1. The average Bonchev–Trinajstić information content (AvgIpc) is 2.77. The highest BCUT2D eigenvalue weighted by Crippen LogP contribution is 2.22. The Labute approximate surface area is 94.9 Å². The molecule has 3 nitrogen and oxygen atoms in total. The zero-order valence-corrected chi connectivity index (χ0v) is 9.23. The predicted octanol–water partition coefficient (Wildman–Crippen LogP) is 3.04. The van der Waals surface area contributed by atoms with E-state index in [-0.39, 0.29) is 6.04 Å². The van der Waals surface area contributed by atoms with Crippen LogP contribution in [0.3, 0.4) is 0 Å². The van der Waals surface area contributed by atoms with E-state index in [9.17, 15) is 0 Å². The topological polar surface area (TPSA) is 38.1 Å². The molecule has 0 saturated heterocycles. The van der Waals surface area contributed by atoms with Gasteiger partial charge in [0.25, 0.3) is 0 Å². The first-order valence-electron chi connectivity index (χ1n) is 5.37. The van der Waals surface area contributed by atoms with Crippen molar-refractivity contribution in [1.29, 1.82) is 0 Å². The fourth-order valence-corrected chi connectivity index (χ4v) is 1.64. The third-order valence-electron chi connectivity index (χ3n) is 2.58. The maximum Gasteiger partial charge on any atom is 0.139 e. The number of nitrogens with one attached hydrogen (secondary N) is 1. The molecule has 2 rings (SSSR count). The summed E-state index contributed by atoms with van der Waals surface area (Å²) in [5.41, 5.74) is 0.841. The van der Waals surface area contributed by atoms with Crippen LogP contribution < -0.4 is 5.32 Å². The van der Waals surface area contributed by atoms with Gasteiger partial charge in [0.15, 0.2) is 0 Å². The van der Waals surface area contributed by atoms with Gasteiger partial charge in [0.05, 0.1) is 11.6 Å². The Morgan fingerprint density at radius 1 is 1.56 bits per heavy atom. The molecule has 1 unspecified atom stereocenters. The molecule has 0 aliphatic rings. The summed E-state index contributed by atoms with van der Waals surface area (Å²) < 4.78 is 5.31. The van der Waals surface area contributed by atoms with Crippen LogP contribution in [0.4, 0.5) is 5.82 Å². The maximum absolute atomic E-state index is 5.32. The van der Waals surface area contributed by atoms with Crippen molar-refractivity contribution in [1.82, 2.24) is 4.98 Å². The summed E-state index contributed by atoms with van der Waals surface area (Å²) in [5, 5.41) is 4.34. The molecule has 0 bridgehead atoms. The minimum Gasteiger partial charge on any atom is -0.464 e. The zero-order chi connectivity index (χ0) is 11.4. The van der Waals surface area contributed by atoms with Gasteiger partial charge in [-0.25, -0.2) is 4.98 Å². The van der Waals surface area contributed by atoms with E-state index in [0.29, 0.717) is 6.42 Å². The third kappa shape index (κ3) is 2.01. The van der Waals surface area contributed by atoms with E-state index in [1.54, 1.807) is 12.5 Å². The molecule has 2 aromatic rings. The van der Waals surface area contributed by atoms with Crippen LogP contribution in [0.25, 0.3) is 11.0 Å². The lowest BCUT2D eigenvalue weighted by atomic mass is 10.1. The van der Waals surface area contributed by atoms with Gasteiger partial charge in [0.2, 0.25) is 0 Å². The van der Waals surface area contributed by atoms with Gasteiger partial charge in [0.1, 0.15) is 11.4 Å². The lowest BCUT2D eigenvalue weighted by Gasteiger charge is -2.15. The SMILES string of the molecule is C#CCC(CC)Nc1nccc2occc12. The largest absolute Gasteiger partial charge is 0.464 e. The van der Waals surface area contributed by atoms with E-state index < -0.39 is 0 Å². The molecule has 2 aromatic heterocycles. The number of pyridine rings is 1. The van der Waals surface area contributed by atoms with Crippen LogP contribution in [-0.4, -0.2) is 11.0 Å². The zero-order valence-electron chi connectivity index (χ0n) is 9.23. The smallest absolute Gasteiger partial charge is 0.139 e. The van der Waals surface area contributed by atoms with Crippen molar-refractivity contribution in [3.8, 4) is 12.3 Å².